The normalized spacial score (nSPS) is 19.2. The van der Waals surface area contributed by atoms with Gasteiger partial charge in [0.15, 0.2) is 0 Å². The van der Waals surface area contributed by atoms with Crippen molar-refractivity contribution in [2.24, 2.45) is 11.8 Å². The molecule has 320 valence electrons. The summed E-state index contributed by atoms with van der Waals surface area (Å²) in [6.45, 7) is 6.12. The number of nitrogens with zero attached hydrogens (tertiary/aromatic N) is 4. The quantitative estimate of drug-likeness (QED) is 0.107. The third kappa shape index (κ3) is 8.83. The highest BCUT2D eigenvalue weighted by molar-refractivity contribution is 5.91. The number of nitrogens with one attached hydrogen (secondary N) is 4. The fourth-order valence-corrected chi connectivity index (χ4v) is 9.04. The van der Waals surface area contributed by atoms with Crippen molar-refractivity contribution < 1.29 is 33.4 Å². The molecule has 4 atom stereocenters. The molecule has 15 nitrogen and oxygen atoms in total. The summed E-state index contributed by atoms with van der Waals surface area (Å²) in [7, 11) is 2.60. The first-order valence-electron chi connectivity index (χ1n) is 21.2. The lowest BCUT2D eigenvalue weighted by atomic mass is 9.90. The van der Waals surface area contributed by atoms with E-state index in [-0.39, 0.29) is 35.7 Å². The van der Waals surface area contributed by atoms with Crippen LogP contribution < -0.4 is 10.6 Å². The maximum absolute atomic E-state index is 14.0. The number of likely N-dealkylation sites (tertiary alicyclic amines) is 2. The number of carbonyl (C=O) groups excluding carboxylic acids is 4. The average molecular weight is 831 g/mol. The number of aromatic amines is 2. The number of amides is 4. The van der Waals surface area contributed by atoms with Gasteiger partial charge < -0.3 is 44.6 Å². The van der Waals surface area contributed by atoms with Gasteiger partial charge in [0, 0.05) is 31.9 Å². The molecule has 3 saturated heterocycles. The van der Waals surface area contributed by atoms with Gasteiger partial charge in [-0.3, -0.25) is 9.59 Å². The molecule has 4 N–H and O–H groups in total. The molecule has 61 heavy (non-hydrogen) atoms. The molecule has 0 spiro atoms. The Morgan fingerprint density at radius 2 is 1.18 bits per heavy atom. The molecule has 3 aromatic carbocycles. The van der Waals surface area contributed by atoms with Crippen LogP contribution in [0.2, 0.25) is 0 Å². The van der Waals surface area contributed by atoms with E-state index in [1.165, 1.54) is 14.2 Å². The van der Waals surface area contributed by atoms with Gasteiger partial charge in [-0.25, -0.2) is 19.6 Å². The molecule has 15 heteroatoms. The van der Waals surface area contributed by atoms with Crippen molar-refractivity contribution in [2.75, 3.05) is 40.5 Å². The van der Waals surface area contributed by atoms with Crippen molar-refractivity contribution >= 4 is 34.8 Å². The number of alkyl carbamates (subject to hydrolysis) is 2. The number of fused-ring (bicyclic) bond motifs is 1. The minimum atomic E-state index is -0.690. The van der Waals surface area contributed by atoms with Crippen molar-refractivity contribution in [2.45, 2.75) is 76.5 Å². The van der Waals surface area contributed by atoms with Gasteiger partial charge in [0.05, 0.1) is 50.1 Å². The predicted octanol–water partition coefficient (Wildman–Crippen LogP) is 7.15. The lowest BCUT2D eigenvalue weighted by molar-refractivity contribution is -0.137. The Labute approximate surface area is 354 Å². The first-order chi connectivity index (χ1) is 29.6. The summed E-state index contributed by atoms with van der Waals surface area (Å²) in [5, 5.41) is 7.71. The smallest absolute Gasteiger partial charge is 0.407 e. The second kappa shape index (κ2) is 18.2. The number of aromatic nitrogens is 4. The van der Waals surface area contributed by atoms with Crippen molar-refractivity contribution in [3.63, 3.8) is 0 Å². The number of hydrogen-bond acceptors (Lipinski definition) is 9. The number of hydrogen-bond donors (Lipinski definition) is 4. The summed E-state index contributed by atoms with van der Waals surface area (Å²) < 4.78 is 15.2. The Hall–Kier alpha value is -6.22. The molecule has 5 heterocycles. The summed E-state index contributed by atoms with van der Waals surface area (Å²) in [6.07, 6.45) is 7.05. The van der Waals surface area contributed by atoms with Gasteiger partial charge >= 0.3 is 12.2 Å². The van der Waals surface area contributed by atoms with Crippen LogP contribution in [0.5, 0.6) is 0 Å². The molecule has 1 unspecified atom stereocenters. The Morgan fingerprint density at radius 1 is 0.672 bits per heavy atom. The standard InChI is InChI=1S/C46H54N8O7/c1-27(2)39(51-45(57)59-3)43(55)53-19-5-7-37(53)42-48-26-36(50-42)34-16-15-32-23-31(13-14-33(32)24-34)28-9-11-29(12-10-28)35-25-47-41(49-35)38-8-6-20-54(38)44(56)40(52-46(58)60-4)30-17-21-61-22-18-30/h9-16,23-27,30,37-40H,5-8,17-22H2,1-4H3,(H,47,49)(H,48,50)(H,51,57)(H,52,58)/t37-,38?,39-,40+/m0/s1. The van der Waals surface area contributed by atoms with Crippen LogP contribution in [0.25, 0.3) is 44.4 Å². The lowest BCUT2D eigenvalue weighted by Crippen LogP contribution is -2.53. The van der Waals surface area contributed by atoms with E-state index in [0.717, 1.165) is 81.7 Å². The van der Waals surface area contributed by atoms with Gasteiger partial charge in [0.2, 0.25) is 11.8 Å². The molecule has 3 aliphatic rings. The molecular weight excluding hydrogens is 777 g/mol. The summed E-state index contributed by atoms with van der Waals surface area (Å²) in [4.78, 5) is 71.9. The topological polar surface area (TPSA) is 184 Å². The van der Waals surface area contributed by atoms with Gasteiger partial charge in [-0.2, -0.15) is 0 Å². The molecule has 3 aliphatic heterocycles. The molecule has 0 saturated carbocycles. The lowest BCUT2D eigenvalue weighted by Gasteiger charge is -2.34. The first-order valence-corrected chi connectivity index (χ1v) is 21.2. The van der Waals surface area contributed by atoms with Crippen molar-refractivity contribution in [1.82, 2.24) is 40.4 Å². The first kappa shape index (κ1) is 41.5. The fourth-order valence-electron chi connectivity index (χ4n) is 9.04. The highest BCUT2D eigenvalue weighted by Crippen LogP contribution is 2.36. The van der Waals surface area contributed by atoms with Crippen LogP contribution in [0.1, 0.15) is 76.1 Å². The molecule has 5 aromatic rings. The highest BCUT2D eigenvalue weighted by atomic mass is 16.5. The van der Waals surface area contributed by atoms with Crippen molar-refractivity contribution in [3.05, 3.63) is 84.7 Å². The number of ether oxygens (including phenoxy) is 3. The van der Waals surface area contributed by atoms with E-state index in [4.69, 9.17) is 24.2 Å². The van der Waals surface area contributed by atoms with E-state index in [9.17, 15) is 19.2 Å². The van der Waals surface area contributed by atoms with Gasteiger partial charge in [-0.05, 0) is 90.0 Å². The van der Waals surface area contributed by atoms with Crippen LogP contribution in [-0.4, -0.2) is 106 Å². The predicted molar refractivity (Wildman–Crippen MR) is 229 cm³/mol. The monoisotopic (exact) mass is 830 g/mol. The van der Waals surface area contributed by atoms with Crippen LogP contribution in [-0.2, 0) is 23.8 Å². The van der Waals surface area contributed by atoms with Crippen LogP contribution in [0.3, 0.4) is 0 Å². The van der Waals surface area contributed by atoms with Gasteiger partial charge in [0.1, 0.15) is 23.7 Å². The van der Waals surface area contributed by atoms with Crippen LogP contribution in [0.15, 0.2) is 73.1 Å². The Kier molecular flexibility index (Phi) is 12.4. The van der Waals surface area contributed by atoms with Crippen LogP contribution in [0, 0.1) is 11.8 Å². The van der Waals surface area contributed by atoms with Gasteiger partial charge in [-0.1, -0.05) is 62.4 Å². The zero-order chi connectivity index (χ0) is 42.6. The average Bonchev–Trinajstić information content (AvgIpc) is 4.14. The van der Waals surface area contributed by atoms with Crippen LogP contribution in [0.4, 0.5) is 9.59 Å². The van der Waals surface area contributed by atoms with E-state index in [1.807, 2.05) is 36.0 Å². The number of H-pyrrole nitrogens is 2. The fraction of sp³-hybridized carbons (Fsp3) is 0.435. The Balaban J connectivity index is 0.935. The van der Waals surface area contributed by atoms with E-state index in [1.54, 1.807) is 0 Å². The maximum atomic E-state index is 14.0. The minimum absolute atomic E-state index is 0.0265. The minimum Gasteiger partial charge on any atom is -0.453 e. The summed E-state index contributed by atoms with van der Waals surface area (Å²) >= 11 is 0. The molecule has 0 radical (unpaired) electrons. The third-order valence-electron chi connectivity index (χ3n) is 12.4. The summed E-state index contributed by atoms with van der Waals surface area (Å²) in [6, 6.07) is 19.3. The Morgan fingerprint density at radius 3 is 1.77 bits per heavy atom. The molecule has 8 rings (SSSR count). The van der Waals surface area contributed by atoms with Crippen LogP contribution >= 0.6 is 0 Å². The molecule has 3 fully saturated rings. The molecule has 4 amide bonds. The number of methoxy groups -OCH3 is 2. The number of benzene rings is 3. The third-order valence-corrected chi connectivity index (χ3v) is 12.4. The number of carbonyl (C=O) groups is 4. The molecule has 2 aromatic heterocycles. The second-order valence-corrected chi connectivity index (χ2v) is 16.5. The maximum Gasteiger partial charge on any atom is 0.407 e. The Bertz CT molecular complexity index is 2370. The van der Waals surface area contributed by atoms with E-state index in [2.05, 4.69) is 81.3 Å². The largest absolute Gasteiger partial charge is 0.453 e. The van der Waals surface area contributed by atoms with E-state index < -0.39 is 24.3 Å². The number of imidazole rings is 2. The summed E-state index contributed by atoms with van der Waals surface area (Å²) in [5.74, 6) is 1.07. The number of rotatable bonds is 11. The van der Waals surface area contributed by atoms with Gasteiger partial charge in [-0.15, -0.1) is 0 Å². The zero-order valence-corrected chi connectivity index (χ0v) is 35.1. The molecule has 0 aliphatic carbocycles. The summed E-state index contributed by atoms with van der Waals surface area (Å²) in [5.41, 5.74) is 5.88. The SMILES string of the molecule is COC(=O)N[C@H](C(=O)N1CCC[C@H]1c1ncc(-c2ccc3cc(-c4ccc(-c5cnc(C6CCCN6C(=O)[C@H](NC(=O)OC)C6CCOCC6)[nH]5)cc4)ccc3c2)[nH]1)C(C)C. The molecule has 0 bridgehead atoms. The van der Waals surface area contributed by atoms with Crippen molar-refractivity contribution in [1.29, 1.82) is 0 Å². The zero-order valence-electron chi connectivity index (χ0n) is 35.1. The second-order valence-electron chi connectivity index (χ2n) is 16.5. The highest BCUT2D eigenvalue weighted by Gasteiger charge is 2.40. The van der Waals surface area contributed by atoms with Crippen molar-refractivity contribution in [3.8, 4) is 33.6 Å². The molecular formula is C46H54N8O7. The van der Waals surface area contributed by atoms with E-state index in [0.29, 0.717) is 39.1 Å². The van der Waals surface area contributed by atoms with E-state index >= 15 is 0 Å². The van der Waals surface area contributed by atoms with Gasteiger partial charge in [0.25, 0.3) is 0 Å².